The van der Waals surface area contributed by atoms with Gasteiger partial charge in [-0.25, -0.2) is 0 Å². The van der Waals surface area contributed by atoms with E-state index in [2.05, 4.69) is 27.3 Å². The van der Waals surface area contributed by atoms with Gasteiger partial charge in [0.1, 0.15) is 11.8 Å². The number of ether oxygens (including phenoxy) is 1. The first-order chi connectivity index (χ1) is 16.9. The molecule has 6 heteroatoms. The molecule has 0 heterocycles. The summed E-state index contributed by atoms with van der Waals surface area (Å²) in [5, 5.41) is 2.99. The fourth-order valence-corrected chi connectivity index (χ4v) is 4.22. The zero-order valence-corrected chi connectivity index (χ0v) is 22.2. The number of nitrogens with zero attached hydrogens (tertiary/aromatic N) is 1. The maximum atomic E-state index is 13.6. The monoisotopic (exact) mass is 536 g/mol. The number of halogens is 1. The predicted octanol–water partition coefficient (Wildman–Crippen LogP) is 5.61. The van der Waals surface area contributed by atoms with Gasteiger partial charge in [0.25, 0.3) is 5.91 Å². The molecule has 0 saturated carbocycles. The van der Waals surface area contributed by atoms with E-state index in [4.69, 9.17) is 4.74 Å². The van der Waals surface area contributed by atoms with Crippen molar-refractivity contribution in [3.05, 3.63) is 99.5 Å². The average molecular weight is 537 g/mol. The Bertz CT molecular complexity index is 1100. The van der Waals surface area contributed by atoms with Crippen LogP contribution < -0.4 is 10.1 Å². The lowest BCUT2D eigenvalue weighted by Crippen LogP contribution is -2.51. The number of carbonyl (C=O) groups is 2. The highest BCUT2D eigenvalue weighted by molar-refractivity contribution is 9.10. The first-order valence-electron chi connectivity index (χ1n) is 11.9. The number of hydrogen-bond acceptors (Lipinski definition) is 3. The second kappa shape index (κ2) is 13.1. The molecule has 2 amide bonds. The van der Waals surface area contributed by atoms with Crippen LogP contribution in [0.1, 0.15) is 35.6 Å². The van der Waals surface area contributed by atoms with Gasteiger partial charge in [0.05, 0.1) is 0 Å². The van der Waals surface area contributed by atoms with Gasteiger partial charge in [0.2, 0.25) is 5.91 Å². The van der Waals surface area contributed by atoms with Gasteiger partial charge in [-0.3, -0.25) is 9.59 Å². The summed E-state index contributed by atoms with van der Waals surface area (Å²) in [4.78, 5) is 28.5. The lowest BCUT2D eigenvalue weighted by Gasteiger charge is -2.31. The van der Waals surface area contributed by atoms with Crippen LogP contribution in [0.15, 0.2) is 77.3 Å². The lowest BCUT2D eigenvalue weighted by molar-refractivity contribution is -0.142. The topological polar surface area (TPSA) is 58.6 Å². The molecule has 0 aliphatic rings. The van der Waals surface area contributed by atoms with E-state index < -0.39 is 6.04 Å². The molecule has 3 rings (SSSR count). The second-order valence-corrected chi connectivity index (χ2v) is 9.67. The van der Waals surface area contributed by atoms with Gasteiger partial charge in [0, 0.05) is 24.0 Å². The molecule has 0 radical (unpaired) electrons. The van der Waals surface area contributed by atoms with Crippen LogP contribution in [-0.4, -0.2) is 35.9 Å². The van der Waals surface area contributed by atoms with Gasteiger partial charge in [-0.2, -0.15) is 0 Å². The first kappa shape index (κ1) is 26.5. The molecule has 0 spiro atoms. The minimum Gasteiger partial charge on any atom is -0.484 e. The molecule has 3 aromatic rings. The third kappa shape index (κ3) is 8.25. The molecule has 5 nitrogen and oxygen atoms in total. The van der Waals surface area contributed by atoms with Crippen LogP contribution in [0.4, 0.5) is 0 Å². The summed E-state index contributed by atoms with van der Waals surface area (Å²) in [7, 11) is 0. The number of amides is 2. The number of carbonyl (C=O) groups excluding carboxylic acids is 2. The van der Waals surface area contributed by atoms with Crippen LogP contribution in [0.3, 0.4) is 0 Å². The van der Waals surface area contributed by atoms with Gasteiger partial charge in [-0.15, -0.1) is 0 Å². The minimum absolute atomic E-state index is 0.147. The molecular weight excluding hydrogens is 504 g/mol. The number of aryl methyl sites for hydroxylation is 2. The Hall–Kier alpha value is -3.12. The largest absolute Gasteiger partial charge is 0.484 e. The van der Waals surface area contributed by atoms with Gasteiger partial charge >= 0.3 is 0 Å². The Morgan fingerprint density at radius 3 is 2.23 bits per heavy atom. The molecule has 3 aromatic carbocycles. The summed E-state index contributed by atoms with van der Waals surface area (Å²) in [6, 6.07) is 22.8. The number of nitrogens with one attached hydrogen (secondary N) is 1. The third-order valence-corrected chi connectivity index (χ3v) is 6.17. The highest BCUT2D eigenvalue weighted by Crippen LogP contribution is 2.19. The van der Waals surface area contributed by atoms with Crippen LogP contribution in [0.25, 0.3) is 0 Å². The molecule has 1 unspecified atom stereocenters. The molecule has 0 saturated heterocycles. The van der Waals surface area contributed by atoms with E-state index in [9.17, 15) is 9.59 Å². The summed E-state index contributed by atoms with van der Waals surface area (Å²) in [5.74, 6) is 0.252. The summed E-state index contributed by atoms with van der Waals surface area (Å²) in [6.07, 6.45) is 1.24. The van der Waals surface area contributed by atoms with Crippen molar-refractivity contribution in [2.45, 2.75) is 46.2 Å². The summed E-state index contributed by atoms with van der Waals surface area (Å²) < 4.78 is 6.86. The van der Waals surface area contributed by atoms with E-state index >= 15 is 0 Å². The van der Waals surface area contributed by atoms with Crippen molar-refractivity contribution < 1.29 is 14.3 Å². The smallest absolute Gasteiger partial charge is 0.261 e. The average Bonchev–Trinajstić information content (AvgIpc) is 2.84. The van der Waals surface area contributed by atoms with Crippen LogP contribution in [0, 0.1) is 13.8 Å². The zero-order chi connectivity index (χ0) is 25.2. The van der Waals surface area contributed by atoms with Crippen LogP contribution in [0.2, 0.25) is 0 Å². The van der Waals surface area contributed by atoms with Crippen LogP contribution in [-0.2, 0) is 22.6 Å². The van der Waals surface area contributed by atoms with E-state index in [0.29, 0.717) is 25.3 Å². The van der Waals surface area contributed by atoms with E-state index in [1.54, 1.807) is 4.90 Å². The van der Waals surface area contributed by atoms with Crippen molar-refractivity contribution in [1.29, 1.82) is 0 Å². The second-order valence-electron chi connectivity index (χ2n) is 8.76. The van der Waals surface area contributed by atoms with E-state index in [1.165, 1.54) is 0 Å². The predicted molar refractivity (Wildman–Crippen MR) is 143 cm³/mol. The summed E-state index contributed by atoms with van der Waals surface area (Å²) in [6.45, 7) is 6.72. The first-order valence-corrected chi connectivity index (χ1v) is 12.7. The normalized spacial score (nSPS) is 11.5. The molecule has 0 aliphatic heterocycles. The molecule has 0 aliphatic carbocycles. The number of benzene rings is 3. The SMILES string of the molecule is CCCNC(=O)C(Cc1ccccc1)N(Cc1ccc(Br)cc1)C(=O)COc1cc(C)cc(C)c1. The molecule has 1 atom stereocenters. The van der Waals surface area contributed by atoms with Crippen molar-refractivity contribution in [3.8, 4) is 5.75 Å². The fourth-order valence-electron chi connectivity index (χ4n) is 3.95. The van der Waals surface area contributed by atoms with Crippen molar-refractivity contribution in [1.82, 2.24) is 10.2 Å². The molecule has 0 fully saturated rings. The lowest BCUT2D eigenvalue weighted by atomic mass is 10.0. The Kier molecular flexibility index (Phi) is 9.91. The van der Waals surface area contributed by atoms with Crippen LogP contribution in [0.5, 0.6) is 5.75 Å². The molecular formula is C29H33BrN2O3. The standard InChI is InChI=1S/C29H33BrN2O3/c1-4-14-31-29(34)27(18-23-8-6-5-7-9-23)32(19-24-10-12-25(30)13-11-24)28(33)20-35-26-16-21(2)15-22(3)17-26/h5-13,15-17,27H,4,14,18-20H2,1-3H3,(H,31,34). The van der Waals surface area contributed by atoms with Crippen molar-refractivity contribution in [2.24, 2.45) is 0 Å². The Balaban J connectivity index is 1.89. The number of hydrogen-bond donors (Lipinski definition) is 1. The van der Waals surface area contributed by atoms with Gasteiger partial charge in [0.15, 0.2) is 6.61 Å². The maximum Gasteiger partial charge on any atom is 0.261 e. The maximum absolute atomic E-state index is 13.6. The third-order valence-electron chi connectivity index (χ3n) is 5.64. The van der Waals surface area contributed by atoms with E-state index in [1.807, 2.05) is 87.5 Å². The van der Waals surface area contributed by atoms with Gasteiger partial charge < -0.3 is 15.0 Å². The minimum atomic E-state index is -0.664. The summed E-state index contributed by atoms with van der Waals surface area (Å²) >= 11 is 3.46. The van der Waals surface area contributed by atoms with E-state index in [-0.39, 0.29) is 18.4 Å². The number of rotatable bonds is 11. The van der Waals surface area contributed by atoms with Gasteiger partial charge in [-0.1, -0.05) is 71.4 Å². The zero-order valence-electron chi connectivity index (χ0n) is 20.6. The molecule has 184 valence electrons. The van der Waals surface area contributed by atoms with Crippen molar-refractivity contribution >= 4 is 27.7 Å². The highest BCUT2D eigenvalue weighted by Gasteiger charge is 2.30. The Morgan fingerprint density at radius 1 is 0.943 bits per heavy atom. The Morgan fingerprint density at radius 2 is 1.60 bits per heavy atom. The summed E-state index contributed by atoms with van der Waals surface area (Å²) in [5.41, 5.74) is 4.07. The van der Waals surface area contributed by atoms with Gasteiger partial charge in [-0.05, 0) is 66.8 Å². The molecule has 1 N–H and O–H groups in total. The van der Waals surface area contributed by atoms with Crippen LogP contribution >= 0.6 is 15.9 Å². The van der Waals surface area contributed by atoms with Crippen molar-refractivity contribution in [2.75, 3.05) is 13.2 Å². The fraction of sp³-hybridized carbons (Fsp3) is 0.310. The molecule has 35 heavy (non-hydrogen) atoms. The molecule has 0 aromatic heterocycles. The highest BCUT2D eigenvalue weighted by atomic mass is 79.9. The molecule has 0 bridgehead atoms. The quantitative estimate of drug-likeness (QED) is 0.346. The van der Waals surface area contributed by atoms with Crippen molar-refractivity contribution in [3.63, 3.8) is 0 Å². The van der Waals surface area contributed by atoms with E-state index in [0.717, 1.165) is 33.1 Å². The Labute approximate surface area is 216 Å².